The Morgan fingerprint density at radius 1 is 1.47 bits per heavy atom. The van der Waals surface area contributed by atoms with Crippen LogP contribution in [0.25, 0.3) is 0 Å². The first kappa shape index (κ1) is 10.9. The number of nitrogen functional groups attached to an aromatic ring is 1. The molecule has 2 N–H and O–H groups in total. The lowest BCUT2D eigenvalue weighted by atomic mass is 10.2. The fourth-order valence-corrected chi connectivity index (χ4v) is 3.35. The fourth-order valence-electron chi connectivity index (χ4n) is 1.09. The van der Waals surface area contributed by atoms with Crippen molar-refractivity contribution in [3.8, 4) is 0 Å². The maximum atomic E-state index is 5.88. The first-order chi connectivity index (χ1) is 7.27. The lowest BCUT2D eigenvalue weighted by Gasteiger charge is -2.05. The molecule has 0 saturated carbocycles. The minimum absolute atomic E-state index is 0.807. The highest BCUT2D eigenvalue weighted by Gasteiger charge is 2.06. The second-order valence-corrected chi connectivity index (χ2v) is 5.71. The van der Waals surface area contributed by atoms with Crippen molar-refractivity contribution in [2.45, 2.75) is 10.1 Å². The average Bonchev–Trinajstić information content (AvgIpc) is 2.70. The summed E-state index contributed by atoms with van der Waals surface area (Å²) in [6, 6.07) is 5.83. The van der Waals surface area contributed by atoms with E-state index in [0.29, 0.717) is 0 Å². The van der Waals surface area contributed by atoms with E-state index in [0.717, 1.165) is 25.8 Å². The van der Waals surface area contributed by atoms with Gasteiger partial charge in [-0.25, -0.2) is 0 Å². The van der Waals surface area contributed by atoms with E-state index in [-0.39, 0.29) is 0 Å². The summed E-state index contributed by atoms with van der Waals surface area (Å²) >= 11 is 6.67. The van der Waals surface area contributed by atoms with Gasteiger partial charge in [0.2, 0.25) is 0 Å². The van der Waals surface area contributed by atoms with Crippen molar-refractivity contribution in [3.05, 3.63) is 33.7 Å². The molecule has 0 aliphatic carbocycles. The van der Waals surface area contributed by atoms with Crippen LogP contribution in [0.1, 0.15) is 5.56 Å². The molecule has 0 aliphatic rings. The van der Waals surface area contributed by atoms with E-state index in [1.807, 2.05) is 18.2 Å². The van der Waals surface area contributed by atoms with Gasteiger partial charge in [-0.1, -0.05) is 45.1 Å². The van der Waals surface area contributed by atoms with Crippen LogP contribution in [0, 0.1) is 0 Å². The van der Waals surface area contributed by atoms with Crippen molar-refractivity contribution >= 4 is 44.7 Å². The number of benzene rings is 1. The van der Waals surface area contributed by atoms with Gasteiger partial charge in [0.15, 0.2) is 4.34 Å². The van der Waals surface area contributed by atoms with Crippen LogP contribution in [-0.2, 0) is 5.75 Å². The summed E-state index contributed by atoms with van der Waals surface area (Å²) in [6.07, 6.45) is 0. The molecule has 1 aromatic heterocycles. The molecule has 1 heterocycles. The van der Waals surface area contributed by atoms with Crippen molar-refractivity contribution in [2.24, 2.45) is 0 Å². The Bertz CT molecular complexity index is 424. The summed E-state index contributed by atoms with van der Waals surface area (Å²) in [5, 5.41) is 7.75. The smallest absolute Gasteiger partial charge is 0.174 e. The second-order valence-electron chi connectivity index (χ2n) is 2.80. The maximum Gasteiger partial charge on any atom is 0.174 e. The van der Waals surface area contributed by atoms with Crippen LogP contribution in [0.5, 0.6) is 0 Å². The number of nitrogens with two attached hydrogens (primary N) is 1. The van der Waals surface area contributed by atoms with Gasteiger partial charge in [-0.3, -0.25) is 0 Å². The molecule has 0 unspecified atom stereocenters. The number of rotatable bonds is 3. The number of hydrogen-bond acceptors (Lipinski definition) is 5. The average molecular weight is 302 g/mol. The summed E-state index contributed by atoms with van der Waals surface area (Å²) in [7, 11) is 0. The maximum absolute atomic E-state index is 5.88. The third-order valence-electron chi connectivity index (χ3n) is 1.84. The first-order valence-corrected chi connectivity index (χ1v) is 6.85. The number of thioether (sulfide) groups is 1. The minimum atomic E-state index is 0.807. The Morgan fingerprint density at radius 2 is 2.33 bits per heavy atom. The third-order valence-corrected chi connectivity index (χ3v) is 4.46. The molecule has 6 heteroatoms. The normalized spacial score (nSPS) is 10.5. The largest absolute Gasteiger partial charge is 0.398 e. The Hall–Kier alpha value is -0.590. The van der Waals surface area contributed by atoms with Crippen molar-refractivity contribution in [1.29, 1.82) is 0 Å². The van der Waals surface area contributed by atoms with Gasteiger partial charge in [0.1, 0.15) is 5.51 Å². The Labute approximate surface area is 104 Å². The molecular formula is C9H8BrN3S2. The highest BCUT2D eigenvalue weighted by Crippen LogP contribution is 2.30. The highest BCUT2D eigenvalue weighted by atomic mass is 79.9. The molecule has 3 nitrogen and oxygen atoms in total. The van der Waals surface area contributed by atoms with Gasteiger partial charge in [0.05, 0.1) is 0 Å². The summed E-state index contributed by atoms with van der Waals surface area (Å²) in [5.74, 6) is 0.808. The van der Waals surface area contributed by atoms with Crippen LogP contribution in [0.2, 0.25) is 0 Å². The Morgan fingerprint density at radius 3 is 3.00 bits per heavy atom. The molecule has 0 radical (unpaired) electrons. The topological polar surface area (TPSA) is 51.8 Å². The lowest BCUT2D eigenvalue weighted by molar-refractivity contribution is 1.01. The van der Waals surface area contributed by atoms with Gasteiger partial charge in [-0.2, -0.15) is 0 Å². The predicted molar refractivity (Wildman–Crippen MR) is 68.0 cm³/mol. The molecule has 0 spiro atoms. The molecule has 0 saturated heterocycles. The van der Waals surface area contributed by atoms with E-state index in [1.54, 1.807) is 17.3 Å². The zero-order valence-corrected chi connectivity index (χ0v) is 10.9. The second kappa shape index (κ2) is 4.96. The molecule has 0 atom stereocenters. The molecule has 0 fully saturated rings. The van der Waals surface area contributed by atoms with Gasteiger partial charge in [-0.05, 0) is 17.7 Å². The number of hydrogen-bond donors (Lipinski definition) is 1. The van der Waals surface area contributed by atoms with E-state index in [4.69, 9.17) is 5.73 Å². The molecule has 2 aromatic rings. The number of nitrogens with zero attached hydrogens (tertiary/aromatic N) is 2. The number of halogens is 1. The predicted octanol–water partition coefficient (Wildman–Crippen LogP) is 3.18. The minimum Gasteiger partial charge on any atom is -0.398 e. The van der Waals surface area contributed by atoms with Gasteiger partial charge >= 0.3 is 0 Å². The summed E-state index contributed by atoms with van der Waals surface area (Å²) in [5.41, 5.74) is 9.53. The van der Waals surface area contributed by atoms with Crippen molar-refractivity contribution in [1.82, 2.24) is 10.2 Å². The lowest BCUT2D eigenvalue weighted by Crippen LogP contribution is -1.93. The van der Waals surface area contributed by atoms with Crippen molar-refractivity contribution in [3.63, 3.8) is 0 Å². The summed E-state index contributed by atoms with van der Waals surface area (Å²) in [6.45, 7) is 0. The van der Waals surface area contributed by atoms with Gasteiger partial charge in [0.25, 0.3) is 0 Å². The SMILES string of the molecule is Nc1cccc(Br)c1CSc1nncs1. The number of anilines is 1. The summed E-state index contributed by atoms with van der Waals surface area (Å²) in [4.78, 5) is 0. The van der Waals surface area contributed by atoms with Gasteiger partial charge in [-0.15, -0.1) is 10.2 Å². The van der Waals surface area contributed by atoms with Crippen LogP contribution in [0.3, 0.4) is 0 Å². The van der Waals surface area contributed by atoms with E-state index < -0.39 is 0 Å². The molecule has 1 aromatic carbocycles. The van der Waals surface area contributed by atoms with Crippen LogP contribution in [-0.4, -0.2) is 10.2 Å². The van der Waals surface area contributed by atoms with Crippen molar-refractivity contribution in [2.75, 3.05) is 5.73 Å². The van der Waals surface area contributed by atoms with E-state index in [1.165, 1.54) is 11.3 Å². The molecule has 2 rings (SSSR count). The van der Waals surface area contributed by atoms with Gasteiger partial charge < -0.3 is 5.73 Å². The molecule has 78 valence electrons. The van der Waals surface area contributed by atoms with Crippen LogP contribution in [0.4, 0.5) is 5.69 Å². The Kier molecular flexibility index (Phi) is 3.61. The molecule has 0 amide bonds. The molecule has 0 bridgehead atoms. The molecule has 0 aliphatic heterocycles. The van der Waals surface area contributed by atoms with Crippen molar-refractivity contribution < 1.29 is 0 Å². The number of aromatic nitrogens is 2. The monoisotopic (exact) mass is 301 g/mol. The Balaban J connectivity index is 2.11. The molecule has 15 heavy (non-hydrogen) atoms. The van der Waals surface area contributed by atoms with Gasteiger partial charge in [0, 0.05) is 15.9 Å². The van der Waals surface area contributed by atoms with E-state index >= 15 is 0 Å². The highest BCUT2D eigenvalue weighted by molar-refractivity contribution is 9.10. The zero-order chi connectivity index (χ0) is 10.7. The van der Waals surface area contributed by atoms with Crippen LogP contribution >= 0.6 is 39.0 Å². The standard InChI is InChI=1S/C9H8BrN3S2/c10-7-2-1-3-8(11)6(7)4-14-9-13-12-5-15-9/h1-3,5H,4,11H2. The summed E-state index contributed by atoms with van der Waals surface area (Å²) < 4.78 is 2.00. The zero-order valence-electron chi connectivity index (χ0n) is 7.68. The third kappa shape index (κ3) is 2.70. The van der Waals surface area contributed by atoms with E-state index in [9.17, 15) is 0 Å². The first-order valence-electron chi connectivity index (χ1n) is 4.19. The van der Waals surface area contributed by atoms with Crippen LogP contribution in [0.15, 0.2) is 32.5 Å². The molecular weight excluding hydrogens is 294 g/mol. The van der Waals surface area contributed by atoms with Crippen LogP contribution < -0.4 is 5.73 Å². The van der Waals surface area contributed by atoms with E-state index in [2.05, 4.69) is 26.1 Å². The quantitative estimate of drug-likeness (QED) is 0.699. The fraction of sp³-hybridized carbons (Fsp3) is 0.111.